The van der Waals surface area contributed by atoms with Gasteiger partial charge >= 0.3 is 0 Å². The smallest absolute Gasteiger partial charge is 0.246 e. The average Bonchev–Trinajstić information content (AvgIpc) is 3.28. The molecule has 31 heavy (non-hydrogen) atoms. The first kappa shape index (κ1) is 21.3. The van der Waals surface area contributed by atoms with Crippen LogP contribution in [0.2, 0.25) is 0 Å². The first-order valence-corrected chi connectivity index (χ1v) is 11.4. The Balaban J connectivity index is 1.58. The van der Waals surface area contributed by atoms with Crippen LogP contribution in [-0.2, 0) is 11.3 Å². The van der Waals surface area contributed by atoms with Crippen LogP contribution in [0.1, 0.15) is 68.4 Å². The van der Waals surface area contributed by atoms with Gasteiger partial charge in [0, 0.05) is 11.6 Å². The van der Waals surface area contributed by atoms with Gasteiger partial charge in [-0.2, -0.15) is 4.98 Å². The highest BCUT2D eigenvalue weighted by molar-refractivity contribution is 5.84. The Labute approximate surface area is 184 Å². The summed E-state index contributed by atoms with van der Waals surface area (Å²) in [7, 11) is 0. The SMILES string of the molecule is CC[C@@H](C(=O)N(Cc1nc(-c2ccc(C)cc2)no1)C1CCCCC1)c1ccccc1. The van der Waals surface area contributed by atoms with Gasteiger partial charge in [0.1, 0.15) is 6.54 Å². The molecule has 5 nitrogen and oxygen atoms in total. The van der Waals surface area contributed by atoms with E-state index >= 15 is 0 Å². The maximum absolute atomic E-state index is 13.7. The molecule has 5 heteroatoms. The lowest BCUT2D eigenvalue weighted by Gasteiger charge is -2.35. The summed E-state index contributed by atoms with van der Waals surface area (Å²) in [5.74, 6) is 1.08. The van der Waals surface area contributed by atoms with Crippen LogP contribution in [0.4, 0.5) is 0 Å². The molecule has 1 atom stereocenters. The van der Waals surface area contributed by atoms with Crippen LogP contribution in [-0.4, -0.2) is 27.0 Å². The Hall–Kier alpha value is -2.95. The zero-order valence-electron chi connectivity index (χ0n) is 18.5. The minimum absolute atomic E-state index is 0.150. The second-order valence-corrected chi connectivity index (χ2v) is 8.51. The zero-order valence-corrected chi connectivity index (χ0v) is 18.5. The van der Waals surface area contributed by atoms with Crippen molar-refractivity contribution in [2.75, 3.05) is 0 Å². The van der Waals surface area contributed by atoms with Crippen molar-refractivity contribution in [3.05, 3.63) is 71.6 Å². The maximum atomic E-state index is 13.7. The molecule has 1 aliphatic rings. The monoisotopic (exact) mass is 417 g/mol. The molecule has 0 unspecified atom stereocenters. The quantitative estimate of drug-likeness (QED) is 0.480. The van der Waals surface area contributed by atoms with Gasteiger partial charge in [-0.25, -0.2) is 0 Å². The summed E-state index contributed by atoms with van der Waals surface area (Å²) in [6.45, 7) is 4.50. The molecule has 0 saturated heterocycles. The van der Waals surface area contributed by atoms with Gasteiger partial charge in [0.2, 0.25) is 17.6 Å². The van der Waals surface area contributed by atoms with Gasteiger partial charge in [0.25, 0.3) is 0 Å². The van der Waals surface area contributed by atoms with E-state index in [9.17, 15) is 4.79 Å². The standard InChI is InChI=1S/C26H31N3O2/c1-3-23(20-10-6-4-7-11-20)26(30)29(22-12-8-5-9-13-22)18-24-27-25(28-31-24)21-16-14-19(2)15-17-21/h4,6-7,10-11,14-17,22-23H,3,5,8-9,12-13,18H2,1-2H3/t23-/m1/s1. The van der Waals surface area contributed by atoms with Gasteiger partial charge in [-0.05, 0) is 31.7 Å². The average molecular weight is 418 g/mol. The Morgan fingerprint density at radius 3 is 2.45 bits per heavy atom. The molecule has 1 saturated carbocycles. The van der Waals surface area contributed by atoms with Crippen molar-refractivity contribution in [1.82, 2.24) is 15.0 Å². The van der Waals surface area contributed by atoms with Gasteiger partial charge in [0.05, 0.1) is 5.92 Å². The first-order chi connectivity index (χ1) is 15.2. The summed E-state index contributed by atoms with van der Waals surface area (Å²) in [6.07, 6.45) is 6.41. The van der Waals surface area contributed by atoms with Gasteiger partial charge < -0.3 is 9.42 Å². The molecule has 4 rings (SSSR count). The van der Waals surface area contributed by atoms with Crippen LogP contribution in [0.3, 0.4) is 0 Å². The van der Waals surface area contributed by atoms with Gasteiger partial charge in [0.15, 0.2) is 0 Å². The normalized spacial score (nSPS) is 15.5. The first-order valence-electron chi connectivity index (χ1n) is 11.4. The number of aromatic nitrogens is 2. The Bertz CT molecular complexity index is 975. The lowest BCUT2D eigenvalue weighted by molar-refractivity contribution is -0.137. The molecule has 1 amide bonds. The van der Waals surface area contributed by atoms with Crippen LogP contribution in [0.15, 0.2) is 59.1 Å². The van der Waals surface area contributed by atoms with Crippen molar-refractivity contribution < 1.29 is 9.32 Å². The number of carbonyl (C=O) groups excluding carboxylic acids is 1. The fraction of sp³-hybridized carbons (Fsp3) is 0.423. The third kappa shape index (κ3) is 5.04. The number of hydrogen-bond acceptors (Lipinski definition) is 4. The molecule has 0 bridgehead atoms. The second-order valence-electron chi connectivity index (χ2n) is 8.51. The van der Waals surface area contributed by atoms with E-state index in [1.165, 1.54) is 12.0 Å². The van der Waals surface area contributed by atoms with E-state index < -0.39 is 0 Å². The predicted molar refractivity (Wildman–Crippen MR) is 121 cm³/mol. The number of nitrogens with zero attached hydrogens (tertiary/aromatic N) is 3. The van der Waals surface area contributed by atoms with Crippen molar-refractivity contribution in [1.29, 1.82) is 0 Å². The van der Waals surface area contributed by atoms with Gasteiger partial charge in [-0.3, -0.25) is 4.79 Å². The number of aryl methyl sites for hydroxylation is 1. The predicted octanol–water partition coefficient (Wildman–Crippen LogP) is 5.90. The van der Waals surface area contributed by atoms with Crippen molar-refractivity contribution >= 4 is 5.91 Å². The number of hydrogen-bond donors (Lipinski definition) is 0. The molecule has 1 heterocycles. The Morgan fingerprint density at radius 1 is 1.06 bits per heavy atom. The molecular weight excluding hydrogens is 386 g/mol. The molecule has 3 aromatic rings. The summed E-state index contributed by atoms with van der Waals surface area (Å²) >= 11 is 0. The van der Waals surface area contributed by atoms with Crippen molar-refractivity contribution in [2.24, 2.45) is 0 Å². The van der Waals surface area contributed by atoms with E-state index in [4.69, 9.17) is 4.52 Å². The van der Waals surface area contributed by atoms with Crippen LogP contribution in [0, 0.1) is 6.92 Å². The van der Waals surface area contributed by atoms with E-state index in [0.29, 0.717) is 18.3 Å². The molecule has 0 N–H and O–H groups in total. The van der Waals surface area contributed by atoms with E-state index in [1.54, 1.807) is 0 Å². The van der Waals surface area contributed by atoms with Crippen LogP contribution in [0.5, 0.6) is 0 Å². The van der Waals surface area contributed by atoms with Gasteiger partial charge in [-0.1, -0.05) is 91.5 Å². The minimum atomic E-state index is -0.150. The lowest BCUT2D eigenvalue weighted by atomic mass is 9.90. The number of amides is 1. The van der Waals surface area contributed by atoms with Crippen molar-refractivity contribution in [3.63, 3.8) is 0 Å². The minimum Gasteiger partial charge on any atom is -0.337 e. The fourth-order valence-corrected chi connectivity index (χ4v) is 4.50. The Morgan fingerprint density at radius 2 is 1.77 bits per heavy atom. The molecule has 0 spiro atoms. The molecule has 2 aromatic carbocycles. The Kier molecular flexibility index (Phi) is 6.80. The molecule has 162 valence electrons. The molecule has 0 aliphatic heterocycles. The van der Waals surface area contributed by atoms with E-state index in [1.807, 2.05) is 59.5 Å². The molecule has 1 aromatic heterocycles. The van der Waals surface area contributed by atoms with E-state index in [-0.39, 0.29) is 17.9 Å². The third-order valence-corrected chi connectivity index (χ3v) is 6.29. The number of benzene rings is 2. The van der Waals surface area contributed by atoms with E-state index in [0.717, 1.165) is 43.2 Å². The van der Waals surface area contributed by atoms with E-state index in [2.05, 4.69) is 24.0 Å². The highest BCUT2D eigenvalue weighted by Gasteiger charge is 2.32. The lowest BCUT2D eigenvalue weighted by Crippen LogP contribution is -2.43. The fourth-order valence-electron chi connectivity index (χ4n) is 4.50. The molecular formula is C26H31N3O2. The van der Waals surface area contributed by atoms with Gasteiger partial charge in [-0.15, -0.1) is 0 Å². The van der Waals surface area contributed by atoms with Crippen molar-refractivity contribution in [3.8, 4) is 11.4 Å². The topological polar surface area (TPSA) is 59.2 Å². The largest absolute Gasteiger partial charge is 0.337 e. The summed E-state index contributed by atoms with van der Waals surface area (Å²) in [4.78, 5) is 20.3. The summed E-state index contributed by atoms with van der Waals surface area (Å²) < 4.78 is 5.58. The number of rotatable bonds is 7. The zero-order chi connectivity index (χ0) is 21.6. The van der Waals surface area contributed by atoms with Crippen LogP contribution in [0.25, 0.3) is 11.4 Å². The van der Waals surface area contributed by atoms with Crippen molar-refractivity contribution in [2.45, 2.75) is 70.9 Å². The third-order valence-electron chi connectivity index (χ3n) is 6.29. The highest BCUT2D eigenvalue weighted by Crippen LogP contribution is 2.30. The summed E-state index contributed by atoms with van der Waals surface area (Å²) in [5, 5.41) is 4.17. The summed E-state index contributed by atoms with van der Waals surface area (Å²) in [6, 6.07) is 18.4. The van der Waals surface area contributed by atoms with Crippen LogP contribution < -0.4 is 0 Å². The number of carbonyl (C=O) groups is 1. The second kappa shape index (κ2) is 9.90. The maximum Gasteiger partial charge on any atom is 0.246 e. The highest BCUT2D eigenvalue weighted by atomic mass is 16.5. The molecule has 1 aliphatic carbocycles. The summed E-state index contributed by atoms with van der Waals surface area (Å²) in [5.41, 5.74) is 3.18. The molecule has 1 fully saturated rings. The molecule has 0 radical (unpaired) electrons. The van der Waals surface area contributed by atoms with Crippen LogP contribution >= 0.6 is 0 Å².